The molecule has 6 aromatic rings. The minimum atomic E-state index is 0.0580. The lowest BCUT2D eigenvalue weighted by molar-refractivity contribution is 0.324. The highest BCUT2D eigenvalue weighted by Crippen LogP contribution is 2.38. The summed E-state index contributed by atoms with van der Waals surface area (Å²) in [4.78, 5) is 23.0. The number of aromatic nitrogens is 6. The van der Waals surface area contributed by atoms with E-state index in [0.29, 0.717) is 35.7 Å². The summed E-state index contributed by atoms with van der Waals surface area (Å²) in [6, 6.07) is 23.8. The number of methoxy groups -OCH3 is 3. The fourth-order valence-electron chi connectivity index (χ4n) is 4.95. The van der Waals surface area contributed by atoms with Crippen molar-refractivity contribution in [1.82, 2.24) is 29.5 Å². The predicted octanol–water partition coefficient (Wildman–Crippen LogP) is 6.08. The van der Waals surface area contributed by atoms with Crippen molar-refractivity contribution in [2.45, 2.75) is 19.5 Å². The summed E-state index contributed by atoms with van der Waals surface area (Å²) in [5.41, 5.74) is 5.52. The number of rotatable bonds is 11. The van der Waals surface area contributed by atoms with E-state index >= 15 is 0 Å². The Kier molecular flexibility index (Phi) is 8.17. The minimum Gasteiger partial charge on any atom is -0.493 e. The van der Waals surface area contributed by atoms with Gasteiger partial charge in [-0.1, -0.05) is 36.4 Å². The maximum atomic E-state index is 5.47. The number of hydrogen-bond donors (Lipinski definition) is 2. The third-order valence-corrected chi connectivity index (χ3v) is 7.21. The van der Waals surface area contributed by atoms with E-state index < -0.39 is 0 Å². The molecule has 44 heavy (non-hydrogen) atoms. The topological polar surface area (TPSA) is 121 Å². The smallest absolute Gasteiger partial charge is 0.225 e. The van der Waals surface area contributed by atoms with E-state index in [-0.39, 0.29) is 6.04 Å². The molecule has 0 saturated carbocycles. The minimum absolute atomic E-state index is 0.0580. The zero-order valence-corrected chi connectivity index (χ0v) is 24.9. The van der Waals surface area contributed by atoms with E-state index in [1.807, 2.05) is 65.2 Å². The molecule has 0 fully saturated rings. The maximum Gasteiger partial charge on any atom is 0.225 e. The van der Waals surface area contributed by atoms with Crippen molar-refractivity contribution in [2.24, 2.45) is 0 Å². The lowest BCUT2D eigenvalue weighted by Crippen LogP contribution is -2.10. The number of imidazole rings is 1. The molecular formula is C33H32N8O3. The van der Waals surface area contributed by atoms with Crippen LogP contribution in [0.25, 0.3) is 28.1 Å². The molecular weight excluding hydrogens is 556 g/mol. The molecule has 0 saturated heterocycles. The van der Waals surface area contributed by atoms with Gasteiger partial charge in [0.2, 0.25) is 17.6 Å². The number of fused-ring (bicyclic) bond motifs is 1. The quantitative estimate of drug-likeness (QED) is 0.184. The molecule has 0 aliphatic heterocycles. The van der Waals surface area contributed by atoms with Crippen LogP contribution in [0.15, 0.2) is 91.5 Å². The Bertz CT molecular complexity index is 1870. The summed E-state index contributed by atoms with van der Waals surface area (Å²) in [5, 5.41) is 6.68. The third kappa shape index (κ3) is 5.93. The molecule has 0 bridgehead atoms. The van der Waals surface area contributed by atoms with Crippen LogP contribution in [0.2, 0.25) is 0 Å². The lowest BCUT2D eigenvalue weighted by atomic mass is 10.1. The second-order valence-corrected chi connectivity index (χ2v) is 9.99. The standard InChI is InChI=1S/C33H32N8O3/c1-21(23-8-6-5-7-9-23)38-33-35-15-13-30(40-33)41-20-37-26-18-24(10-11-27(26)41)25-12-14-34-32(39-25)36-19-22-16-28(42-2)31(44-4)29(17-22)43-3/h5-18,20-21H,19H2,1-4H3,(H,34,36,39)(H,35,38,40)/t21-/m0/s1. The summed E-state index contributed by atoms with van der Waals surface area (Å²) in [7, 11) is 4.77. The first-order valence-corrected chi connectivity index (χ1v) is 14.0. The molecule has 0 aliphatic carbocycles. The third-order valence-electron chi connectivity index (χ3n) is 7.21. The molecule has 0 spiro atoms. The normalized spacial score (nSPS) is 11.6. The molecule has 3 aromatic heterocycles. The van der Waals surface area contributed by atoms with Gasteiger partial charge in [0.1, 0.15) is 12.1 Å². The number of hydrogen-bond acceptors (Lipinski definition) is 10. The maximum absolute atomic E-state index is 5.47. The van der Waals surface area contributed by atoms with Gasteiger partial charge in [-0.3, -0.25) is 4.57 Å². The number of nitrogens with one attached hydrogen (secondary N) is 2. The highest BCUT2D eigenvalue weighted by molar-refractivity contribution is 5.82. The second-order valence-electron chi connectivity index (χ2n) is 9.99. The average molecular weight is 589 g/mol. The van der Waals surface area contributed by atoms with Crippen LogP contribution >= 0.6 is 0 Å². The first kappa shape index (κ1) is 28.4. The van der Waals surface area contributed by atoms with Crippen molar-refractivity contribution in [3.63, 3.8) is 0 Å². The zero-order valence-electron chi connectivity index (χ0n) is 24.9. The van der Waals surface area contributed by atoms with Gasteiger partial charge < -0.3 is 24.8 Å². The van der Waals surface area contributed by atoms with Gasteiger partial charge in [0.25, 0.3) is 0 Å². The Morgan fingerprint density at radius 2 is 1.52 bits per heavy atom. The van der Waals surface area contributed by atoms with Crippen LogP contribution < -0.4 is 24.8 Å². The summed E-state index contributed by atoms with van der Waals surface area (Å²) in [6.07, 6.45) is 5.25. The van der Waals surface area contributed by atoms with Gasteiger partial charge in [-0.25, -0.2) is 19.9 Å². The van der Waals surface area contributed by atoms with Crippen LogP contribution in [-0.2, 0) is 6.54 Å². The molecule has 6 rings (SSSR count). The number of anilines is 2. The Balaban J connectivity index is 1.20. The van der Waals surface area contributed by atoms with Gasteiger partial charge in [0.15, 0.2) is 11.5 Å². The Hall–Kier alpha value is -5.71. The highest BCUT2D eigenvalue weighted by Gasteiger charge is 2.14. The van der Waals surface area contributed by atoms with E-state index in [4.69, 9.17) is 24.2 Å². The molecule has 222 valence electrons. The Labute approximate surface area is 254 Å². The molecule has 1 atom stereocenters. The molecule has 0 unspecified atom stereocenters. The molecule has 0 radical (unpaired) electrons. The van der Waals surface area contributed by atoms with E-state index in [9.17, 15) is 0 Å². The van der Waals surface area contributed by atoms with Crippen molar-refractivity contribution < 1.29 is 14.2 Å². The molecule has 11 nitrogen and oxygen atoms in total. The summed E-state index contributed by atoms with van der Waals surface area (Å²) in [5.74, 6) is 3.48. The van der Waals surface area contributed by atoms with E-state index in [0.717, 1.165) is 39.2 Å². The van der Waals surface area contributed by atoms with Gasteiger partial charge in [-0.15, -0.1) is 0 Å². The Morgan fingerprint density at radius 3 is 2.27 bits per heavy atom. The fourth-order valence-corrected chi connectivity index (χ4v) is 4.95. The van der Waals surface area contributed by atoms with Crippen LogP contribution in [0, 0.1) is 0 Å². The predicted molar refractivity (Wildman–Crippen MR) is 170 cm³/mol. The molecule has 0 amide bonds. The number of ether oxygens (including phenoxy) is 3. The van der Waals surface area contributed by atoms with Crippen LogP contribution in [0.3, 0.4) is 0 Å². The first-order valence-electron chi connectivity index (χ1n) is 14.0. The van der Waals surface area contributed by atoms with Crippen molar-refractivity contribution >= 4 is 22.9 Å². The fraction of sp³-hybridized carbons (Fsp3) is 0.182. The second kappa shape index (κ2) is 12.7. The van der Waals surface area contributed by atoms with Crippen LogP contribution in [0.1, 0.15) is 24.1 Å². The SMILES string of the molecule is COc1cc(CNc2nccc(-c3ccc4c(c3)ncn4-c3ccnc(N[C@@H](C)c4ccccc4)n3)n2)cc(OC)c1OC. The van der Waals surface area contributed by atoms with E-state index in [2.05, 4.69) is 44.6 Å². The summed E-state index contributed by atoms with van der Waals surface area (Å²) in [6.45, 7) is 2.55. The van der Waals surface area contributed by atoms with Crippen LogP contribution in [0.4, 0.5) is 11.9 Å². The number of nitrogens with zero attached hydrogens (tertiary/aromatic N) is 6. The molecule has 3 aromatic carbocycles. The number of benzene rings is 3. The zero-order chi connectivity index (χ0) is 30.5. The van der Waals surface area contributed by atoms with Gasteiger partial charge in [0, 0.05) is 24.5 Å². The highest BCUT2D eigenvalue weighted by atomic mass is 16.5. The molecule has 0 aliphatic rings. The monoisotopic (exact) mass is 588 g/mol. The van der Waals surface area contributed by atoms with Crippen LogP contribution in [0.5, 0.6) is 17.2 Å². The molecule has 3 heterocycles. The van der Waals surface area contributed by atoms with E-state index in [1.165, 1.54) is 0 Å². The summed E-state index contributed by atoms with van der Waals surface area (Å²) < 4.78 is 18.3. The van der Waals surface area contributed by atoms with Crippen molar-refractivity contribution in [3.8, 4) is 34.3 Å². The Morgan fingerprint density at radius 1 is 0.773 bits per heavy atom. The van der Waals surface area contributed by atoms with Gasteiger partial charge in [-0.2, -0.15) is 4.98 Å². The van der Waals surface area contributed by atoms with Gasteiger partial charge in [-0.05, 0) is 54.4 Å². The lowest BCUT2D eigenvalue weighted by Gasteiger charge is -2.15. The van der Waals surface area contributed by atoms with Crippen molar-refractivity contribution in [2.75, 3.05) is 32.0 Å². The van der Waals surface area contributed by atoms with Crippen LogP contribution in [-0.4, -0.2) is 50.8 Å². The van der Waals surface area contributed by atoms with Crippen molar-refractivity contribution in [3.05, 3.63) is 103 Å². The largest absolute Gasteiger partial charge is 0.493 e. The first-order chi connectivity index (χ1) is 21.6. The van der Waals surface area contributed by atoms with E-state index in [1.54, 1.807) is 40.1 Å². The van der Waals surface area contributed by atoms with Gasteiger partial charge >= 0.3 is 0 Å². The molecule has 2 N–H and O–H groups in total. The van der Waals surface area contributed by atoms with Crippen molar-refractivity contribution in [1.29, 1.82) is 0 Å². The van der Waals surface area contributed by atoms with Gasteiger partial charge in [0.05, 0.1) is 44.1 Å². The molecule has 11 heteroatoms. The summed E-state index contributed by atoms with van der Waals surface area (Å²) >= 11 is 0. The average Bonchev–Trinajstić information content (AvgIpc) is 3.51.